The summed E-state index contributed by atoms with van der Waals surface area (Å²) in [5.74, 6) is -0.888. The SMILES string of the molecule is CCCC/C=C/C/C=C/CCCCCCCC(=O)OC[C@H](COP(=O)(O)OCC[N+](C)(C)C)OC(=O)CCC/C=C/C/C=C/C/C=C/C/C=C/CCCCC. The molecular formula is C45H79NO8P+. The van der Waals surface area contributed by atoms with E-state index in [0.29, 0.717) is 30.3 Å². The average Bonchev–Trinajstić information content (AvgIpc) is 3.13. The molecule has 0 bridgehead atoms. The third kappa shape index (κ3) is 40.9. The standard InChI is InChI=1S/C45H78NO8P/c1-6-8-10-12-14-16-18-20-22-23-24-26-28-30-32-34-36-38-45(48)54-43(42-53-55(49,50)52-40-39-46(3,4)5)41-51-44(47)37-35-33-31-29-27-25-21-19-17-15-13-11-9-7-2/h13-16,19-22,24,26,30,32,43H,6-12,17-18,23,25,27-29,31,33-42H2,1-5H3/p+1/b15-13+,16-14+,21-19+,22-20+,26-24+,32-30+/t43-/m1/s1. The number of allylic oxidation sites excluding steroid dienone is 12. The third-order valence-corrected chi connectivity index (χ3v) is 9.44. The van der Waals surface area contributed by atoms with Crippen LogP contribution in [-0.4, -0.2) is 74.9 Å². The van der Waals surface area contributed by atoms with Gasteiger partial charge in [0.2, 0.25) is 0 Å². The summed E-state index contributed by atoms with van der Waals surface area (Å²) in [6.45, 7) is 4.25. The highest BCUT2D eigenvalue weighted by atomic mass is 31.2. The summed E-state index contributed by atoms with van der Waals surface area (Å²) in [6.07, 6.45) is 45.2. The fourth-order valence-electron chi connectivity index (χ4n) is 5.08. The molecule has 0 aromatic rings. The van der Waals surface area contributed by atoms with Crippen LogP contribution in [0.3, 0.4) is 0 Å². The molecule has 55 heavy (non-hydrogen) atoms. The molecule has 2 atom stereocenters. The van der Waals surface area contributed by atoms with Crippen LogP contribution in [0.1, 0.15) is 149 Å². The molecule has 10 heteroatoms. The number of phosphoric acid groups is 1. The summed E-state index contributed by atoms with van der Waals surface area (Å²) in [5.41, 5.74) is 0. The summed E-state index contributed by atoms with van der Waals surface area (Å²) in [7, 11) is 1.42. The topological polar surface area (TPSA) is 108 Å². The van der Waals surface area contributed by atoms with Crippen LogP contribution in [0.5, 0.6) is 0 Å². The fraction of sp³-hybridized carbons (Fsp3) is 0.689. The van der Waals surface area contributed by atoms with E-state index < -0.39 is 32.5 Å². The fourth-order valence-corrected chi connectivity index (χ4v) is 5.82. The number of quaternary nitrogens is 1. The van der Waals surface area contributed by atoms with E-state index >= 15 is 0 Å². The molecule has 0 amide bonds. The molecule has 0 saturated carbocycles. The van der Waals surface area contributed by atoms with E-state index in [-0.39, 0.29) is 26.1 Å². The van der Waals surface area contributed by atoms with Crippen LogP contribution in [0.25, 0.3) is 0 Å². The first-order valence-electron chi connectivity index (χ1n) is 21.2. The zero-order valence-electron chi connectivity index (χ0n) is 35.4. The highest BCUT2D eigenvalue weighted by Gasteiger charge is 2.27. The molecule has 0 heterocycles. The number of phosphoric ester groups is 1. The Morgan fingerprint density at radius 2 is 1.02 bits per heavy atom. The van der Waals surface area contributed by atoms with Crippen LogP contribution in [0.4, 0.5) is 0 Å². The number of carbonyl (C=O) groups excluding carboxylic acids is 2. The maximum atomic E-state index is 12.6. The van der Waals surface area contributed by atoms with Crippen molar-refractivity contribution in [1.29, 1.82) is 0 Å². The Balaban J connectivity index is 4.53. The van der Waals surface area contributed by atoms with Gasteiger partial charge >= 0.3 is 19.8 Å². The Bertz CT molecular complexity index is 1170. The molecule has 0 aromatic heterocycles. The van der Waals surface area contributed by atoms with Crippen LogP contribution >= 0.6 is 7.82 Å². The van der Waals surface area contributed by atoms with Crippen LogP contribution in [0, 0.1) is 0 Å². The third-order valence-electron chi connectivity index (χ3n) is 8.46. The lowest BCUT2D eigenvalue weighted by Crippen LogP contribution is -2.37. The summed E-state index contributed by atoms with van der Waals surface area (Å²) < 4.78 is 34.2. The Labute approximate surface area is 336 Å². The van der Waals surface area contributed by atoms with Crippen molar-refractivity contribution in [3.63, 3.8) is 0 Å². The normalized spacial score (nSPS) is 14.4. The lowest BCUT2D eigenvalue weighted by Gasteiger charge is -2.24. The maximum absolute atomic E-state index is 12.6. The summed E-state index contributed by atoms with van der Waals surface area (Å²) in [5, 5.41) is 0. The number of rotatable bonds is 37. The predicted molar refractivity (Wildman–Crippen MR) is 229 cm³/mol. The highest BCUT2D eigenvalue weighted by molar-refractivity contribution is 7.47. The number of likely N-dealkylation sites (N-methyl/N-ethyl adjacent to an activating group) is 1. The van der Waals surface area contributed by atoms with Crippen molar-refractivity contribution in [3.8, 4) is 0 Å². The second-order valence-electron chi connectivity index (χ2n) is 15.0. The monoisotopic (exact) mass is 793 g/mol. The van der Waals surface area contributed by atoms with Gasteiger partial charge in [0, 0.05) is 12.8 Å². The summed E-state index contributed by atoms with van der Waals surface area (Å²) in [4.78, 5) is 35.3. The highest BCUT2D eigenvalue weighted by Crippen LogP contribution is 2.43. The van der Waals surface area contributed by atoms with Gasteiger partial charge in [0.1, 0.15) is 19.8 Å². The van der Waals surface area contributed by atoms with Gasteiger partial charge in [-0.1, -0.05) is 132 Å². The summed E-state index contributed by atoms with van der Waals surface area (Å²) in [6, 6.07) is 0. The van der Waals surface area contributed by atoms with E-state index in [1.165, 1.54) is 38.5 Å². The lowest BCUT2D eigenvalue weighted by molar-refractivity contribution is -0.870. The van der Waals surface area contributed by atoms with Gasteiger partial charge < -0.3 is 18.9 Å². The molecular weight excluding hydrogens is 713 g/mol. The number of hydrogen-bond acceptors (Lipinski definition) is 7. The molecule has 1 unspecified atom stereocenters. The van der Waals surface area contributed by atoms with E-state index in [1.807, 2.05) is 27.2 Å². The predicted octanol–water partition coefficient (Wildman–Crippen LogP) is 11.9. The molecule has 0 aromatic carbocycles. The van der Waals surface area contributed by atoms with Crippen LogP contribution < -0.4 is 0 Å². The van der Waals surface area contributed by atoms with Crippen molar-refractivity contribution < 1.29 is 42.1 Å². The van der Waals surface area contributed by atoms with Gasteiger partial charge in [-0.2, -0.15) is 0 Å². The molecule has 0 spiro atoms. The molecule has 0 aliphatic carbocycles. The van der Waals surface area contributed by atoms with Gasteiger partial charge in [0.15, 0.2) is 6.10 Å². The molecule has 0 aliphatic heterocycles. The van der Waals surface area contributed by atoms with Gasteiger partial charge in [-0.15, -0.1) is 0 Å². The minimum absolute atomic E-state index is 0.0156. The minimum atomic E-state index is -4.39. The van der Waals surface area contributed by atoms with Gasteiger partial charge in [-0.05, 0) is 77.0 Å². The Kier molecular flexibility index (Phi) is 35.3. The molecule has 0 aliphatic rings. The van der Waals surface area contributed by atoms with E-state index in [1.54, 1.807) is 0 Å². The molecule has 0 fully saturated rings. The Morgan fingerprint density at radius 3 is 1.56 bits per heavy atom. The van der Waals surface area contributed by atoms with E-state index in [2.05, 4.69) is 80.7 Å². The molecule has 9 nitrogen and oxygen atoms in total. The minimum Gasteiger partial charge on any atom is -0.462 e. The van der Waals surface area contributed by atoms with Gasteiger partial charge in [0.25, 0.3) is 0 Å². The molecule has 316 valence electrons. The molecule has 0 radical (unpaired) electrons. The van der Waals surface area contributed by atoms with Crippen LogP contribution in [0.2, 0.25) is 0 Å². The first-order chi connectivity index (χ1) is 26.5. The second-order valence-corrected chi connectivity index (χ2v) is 16.5. The zero-order chi connectivity index (χ0) is 40.7. The lowest BCUT2D eigenvalue weighted by atomic mass is 10.1. The summed E-state index contributed by atoms with van der Waals surface area (Å²) >= 11 is 0. The smallest absolute Gasteiger partial charge is 0.462 e. The number of hydrogen-bond donors (Lipinski definition) is 1. The van der Waals surface area contributed by atoms with Crippen LogP contribution in [0.15, 0.2) is 72.9 Å². The van der Waals surface area contributed by atoms with Crippen molar-refractivity contribution in [1.82, 2.24) is 0 Å². The number of unbranched alkanes of at least 4 members (excludes halogenated alkanes) is 11. The second kappa shape index (κ2) is 37.1. The van der Waals surface area contributed by atoms with E-state index in [0.717, 1.165) is 64.2 Å². The van der Waals surface area contributed by atoms with Crippen molar-refractivity contribution >= 4 is 19.8 Å². The first-order valence-corrected chi connectivity index (χ1v) is 22.7. The average molecular weight is 793 g/mol. The van der Waals surface area contributed by atoms with Crippen molar-refractivity contribution in [3.05, 3.63) is 72.9 Å². The van der Waals surface area contributed by atoms with E-state index in [4.69, 9.17) is 18.5 Å². The Morgan fingerprint density at radius 1 is 0.564 bits per heavy atom. The number of esters is 2. The van der Waals surface area contributed by atoms with Crippen molar-refractivity contribution in [2.45, 2.75) is 155 Å². The van der Waals surface area contributed by atoms with Crippen molar-refractivity contribution in [2.24, 2.45) is 0 Å². The van der Waals surface area contributed by atoms with E-state index in [9.17, 15) is 19.0 Å². The van der Waals surface area contributed by atoms with Crippen LogP contribution in [-0.2, 0) is 32.7 Å². The number of carbonyl (C=O) groups is 2. The molecule has 0 rings (SSSR count). The van der Waals surface area contributed by atoms with Gasteiger partial charge in [0.05, 0.1) is 27.7 Å². The zero-order valence-corrected chi connectivity index (χ0v) is 36.3. The molecule has 1 N–H and O–H groups in total. The Hall–Kier alpha value is -2.55. The van der Waals surface area contributed by atoms with Crippen molar-refractivity contribution in [2.75, 3.05) is 47.5 Å². The first kappa shape index (κ1) is 52.5. The van der Waals surface area contributed by atoms with Gasteiger partial charge in [-0.3, -0.25) is 18.6 Å². The number of nitrogens with zero attached hydrogens (tertiary/aromatic N) is 1. The maximum Gasteiger partial charge on any atom is 0.472 e. The molecule has 0 saturated heterocycles. The largest absolute Gasteiger partial charge is 0.472 e. The quantitative estimate of drug-likeness (QED) is 0.0218. The number of ether oxygens (including phenoxy) is 2. The van der Waals surface area contributed by atoms with Gasteiger partial charge in [-0.25, -0.2) is 4.57 Å².